The Morgan fingerprint density at radius 1 is 1.21 bits per heavy atom. The van der Waals surface area contributed by atoms with Crippen molar-refractivity contribution in [2.45, 2.75) is 32.4 Å². The number of likely N-dealkylation sites (tertiary alicyclic amines) is 1. The van der Waals surface area contributed by atoms with Gasteiger partial charge in [0.15, 0.2) is 0 Å². The number of hydrogen-bond acceptors (Lipinski definition) is 3. The van der Waals surface area contributed by atoms with Crippen LogP contribution in [0.15, 0.2) is 24.3 Å². The lowest BCUT2D eigenvalue weighted by molar-refractivity contribution is 0.146. The molecular weight excluding hydrogens is 234 g/mol. The van der Waals surface area contributed by atoms with Crippen molar-refractivity contribution in [1.82, 2.24) is 4.90 Å². The Labute approximate surface area is 117 Å². The van der Waals surface area contributed by atoms with Gasteiger partial charge in [0.25, 0.3) is 0 Å². The molecule has 0 saturated carbocycles. The van der Waals surface area contributed by atoms with Crippen LogP contribution >= 0.6 is 0 Å². The molecular formula is C16H27N3. The first-order valence-electron chi connectivity index (χ1n) is 7.22. The minimum absolute atomic E-state index is 0.562. The first-order chi connectivity index (χ1) is 8.99. The van der Waals surface area contributed by atoms with Crippen LogP contribution < -0.4 is 10.2 Å². The molecule has 3 heteroatoms. The van der Waals surface area contributed by atoms with Crippen LogP contribution in [0.25, 0.3) is 0 Å². The van der Waals surface area contributed by atoms with Gasteiger partial charge < -0.3 is 15.1 Å². The molecule has 3 nitrogen and oxygen atoms in total. The Balaban J connectivity index is 2.13. The van der Waals surface area contributed by atoms with Crippen LogP contribution in [0.1, 0.15) is 20.3 Å². The molecule has 0 radical (unpaired) electrons. The van der Waals surface area contributed by atoms with Crippen LogP contribution in [0.5, 0.6) is 0 Å². The van der Waals surface area contributed by atoms with Gasteiger partial charge in [-0.1, -0.05) is 19.1 Å². The Morgan fingerprint density at radius 3 is 2.58 bits per heavy atom. The summed E-state index contributed by atoms with van der Waals surface area (Å²) in [5, 5.41) is 3.76. The summed E-state index contributed by atoms with van der Waals surface area (Å²) in [5.74, 6) is 0.677. The molecule has 1 N–H and O–H groups in total. The van der Waals surface area contributed by atoms with Crippen molar-refractivity contribution >= 4 is 11.4 Å². The van der Waals surface area contributed by atoms with Gasteiger partial charge in [-0.05, 0) is 38.4 Å². The van der Waals surface area contributed by atoms with E-state index < -0.39 is 0 Å². The first kappa shape index (κ1) is 14.2. The molecule has 3 atom stereocenters. The number of rotatable bonds is 3. The van der Waals surface area contributed by atoms with Gasteiger partial charge in [0.1, 0.15) is 0 Å². The van der Waals surface area contributed by atoms with E-state index in [-0.39, 0.29) is 0 Å². The van der Waals surface area contributed by atoms with E-state index in [2.05, 4.69) is 74.4 Å². The summed E-state index contributed by atoms with van der Waals surface area (Å²) < 4.78 is 0. The summed E-state index contributed by atoms with van der Waals surface area (Å²) in [6, 6.07) is 9.78. The van der Waals surface area contributed by atoms with Crippen molar-refractivity contribution in [3.63, 3.8) is 0 Å². The fourth-order valence-electron chi connectivity index (χ4n) is 2.93. The maximum Gasteiger partial charge on any atom is 0.0596 e. The summed E-state index contributed by atoms with van der Waals surface area (Å²) in [4.78, 5) is 4.63. The fourth-order valence-corrected chi connectivity index (χ4v) is 2.93. The summed E-state index contributed by atoms with van der Waals surface area (Å²) in [6.45, 7) is 5.83. The molecule has 0 aromatic heterocycles. The molecule has 0 aliphatic carbocycles. The first-order valence-corrected chi connectivity index (χ1v) is 7.22. The summed E-state index contributed by atoms with van der Waals surface area (Å²) >= 11 is 0. The molecule has 1 saturated heterocycles. The second-order valence-electron chi connectivity index (χ2n) is 6.16. The van der Waals surface area contributed by atoms with Gasteiger partial charge in [0.2, 0.25) is 0 Å². The Hall–Kier alpha value is -1.22. The highest BCUT2D eigenvalue weighted by molar-refractivity contribution is 5.69. The van der Waals surface area contributed by atoms with Crippen molar-refractivity contribution in [2.24, 2.45) is 5.92 Å². The fraction of sp³-hybridized carbons (Fsp3) is 0.625. The molecule has 1 aromatic carbocycles. The summed E-state index contributed by atoms with van der Waals surface area (Å²) in [7, 11) is 6.42. The zero-order valence-electron chi connectivity index (χ0n) is 12.9. The van der Waals surface area contributed by atoms with Crippen LogP contribution in [0.2, 0.25) is 0 Å². The van der Waals surface area contributed by atoms with E-state index in [0.717, 1.165) is 0 Å². The summed E-state index contributed by atoms with van der Waals surface area (Å²) in [5.41, 5.74) is 2.52. The quantitative estimate of drug-likeness (QED) is 0.902. The van der Waals surface area contributed by atoms with Crippen molar-refractivity contribution in [2.75, 3.05) is 37.9 Å². The molecule has 1 heterocycles. The average molecular weight is 261 g/mol. The number of anilines is 2. The highest BCUT2D eigenvalue weighted by Gasteiger charge is 2.29. The van der Waals surface area contributed by atoms with Gasteiger partial charge in [-0.3, -0.25) is 0 Å². The number of hydrogen-bond donors (Lipinski definition) is 1. The van der Waals surface area contributed by atoms with Crippen LogP contribution in [-0.4, -0.2) is 44.7 Å². The van der Waals surface area contributed by atoms with E-state index in [9.17, 15) is 0 Å². The number of para-hydroxylation sites is 2. The van der Waals surface area contributed by atoms with E-state index in [1.165, 1.54) is 24.3 Å². The van der Waals surface area contributed by atoms with E-state index in [1.54, 1.807) is 0 Å². The monoisotopic (exact) mass is 261 g/mol. The van der Waals surface area contributed by atoms with Gasteiger partial charge >= 0.3 is 0 Å². The van der Waals surface area contributed by atoms with Crippen molar-refractivity contribution < 1.29 is 0 Å². The van der Waals surface area contributed by atoms with Gasteiger partial charge in [0.05, 0.1) is 11.4 Å². The SMILES string of the molecule is CC1CN(C)C(C)CC1Nc1ccccc1N(C)C. The third-order valence-corrected chi connectivity index (χ3v) is 4.34. The largest absolute Gasteiger partial charge is 0.380 e. The molecule has 0 spiro atoms. The molecule has 3 unspecified atom stereocenters. The lowest BCUT2D eigenvalue weighted by Gasteiger charge is -2.40. The minimum Gasteiger partial charge on any atom is -0.380 e. The van der Waals surface area contributed by atoms with Gasteiger partial charge in [-0.25, -0.2) is 0 Å². The van der Waals surface area contributed by atoms with E-state index in [1.807, 2.05) is 0 Å². The van der Waals surface area contributed by atoms with Crippen molar-refractivity contribution in [1.29, 1.82) is 0 Å². The predicted molar refractivity (Wildman–Crippen MR) is 84.1 cm³/mol. The lowest BCUT2D eigenvalue weighted by atomic mass is 9.89. The van der Waals surface area contributed by atoms with Crippen LogP contribution in [0.3, 0.4) is 0 Å². The normalized spacial score (nSPS) is 28.2. The number of nitrogens with zero attached hydrogens (tertiary/aromatic N) is 2. The molecule has 19 heavy (non-hydrogen) atoms. The van der Waals surface area contributed by atoms with Gasteiger partial charge in [-0.15, -0.1) is 0 Å². The molecule has 0 amide bonds. The number of piperidine rings is 1. The molecule has 1 aromatic rings. The van der Waals surface area contributed by atoms with Crippen LogP contribution in [-0.2, 0) is 0 Å². The third kappa shape index (κ3) is 3.21. The Morgan fingerprint density at radius 2 is 1.89 bits per heavy atom. The van der Waals surface area contributed by atoms with Crippen molar-refractivity contribution in [3.05, 3.63) is 24.3 Å². The second-order valence-corrected chi connectivity index (χ2v) is 6.16. The molecule has 1 aliphatic rings. The Bertz CT molecular complexity index is 416. The highest BCUT2D eigenvalue weighted by Crippen LogP contribution is 2.29. The standard InChI is InChI=1S/C16H27N3/c1-12-11-19(5)13(2)10-15(12)17-14-8-6-7-9-16(14)18(3)4/h6-9,12-13,15,17H,10-11H2,1-5H3. The smallest absolute Gasteiger partial charge is 0.0596 e. The maximum atomic E-state index is 3.76. The van der Waals surface area contributed by atoms with E-state index >= 15 is 0 Å². The molecule has 1 aliphatic heterocycles. The maximum absolute atomic E-state index is 3.76. The van der Waals surface area contributed by atoms with Crippen molar-refractivity contribution in [3.8, 4) is 0 Å². The average Bonchev–Trinajstić information content (AvgIpc) is 2.36. The second kappa shape index (κ2) is 5.83. The summed E-state index contributed by atoms with van der Waals surface area (Å²) in [6.07, 6.45) is 1.21. The molecule has 2 rings (SSSR count). The molecule has 0 bridgehead atoms. The van der Waals surface area contributed by atoms with Gasteiger partial charge in [-0.2, -0.15) is 0 Å². The van der Waals surface area contributed by atoms with Crippen LogP contribution in [0.4, 0.5) is 11.4 Å². The van der Waals surface area contributed by atoms with Gasteiger partial charge in [0, 0.05) is 32.7 Å². The number of nitrogens with one attached hydrogen (secondary N) is 1. The zero-order chi connectivity index (χ0) is 14.0. The molecule has 106 valence electrons. The minimum atomic E-state index is 0.562. The lowest BCUT2D eigenvalue weighted by Crippen LogP contribution is -2.48. The van der Waals surface area contributed by atoms with E-state index in [4.69, 9.17) is 0 Å². The highest BCUT2D eigenvalue weighted by atomic mass is 15.2. The van der Waals surface area contributed by atoms with E-state index in [0.29, 0.717) is 18.0 Å². The van der Waals surface area contributed by atoms with Crippen LogP contribution in [0, 0.1) is 5.92 Å². The predicted octanol–water partition coefficient (Wildman–Crippen LogP) is 2.89. The zero-order valence-corrected chi connectivity index (χ0v) is 12.9. The topological polar surface area (TPSA) is 18.5 Å². The third-order valence-electron chi connectivity index (χ3n) is 4.34. The number of benzene rings is 1. The Kier molecular flexibility index (Phi) is 4.35. The molecule has 1 fully saturated rings.